The molecule has 1 aromatic carbocycles. The average molecular weight is 264 g/mol. The lowest BCUT2D eigenvalue weighted by atomic mass is 9.85. The van der Waals surface area contributed by atoms with Crippen LogP contribution in [0.2, 0.25) is 0 Å². The molecule has 0 aliphatic carbocycles. The third kappa shape index (κ3) is 4.16. The minimum atomic E-state index is -0.126. The summed E-state index contributed by atoms with van der Waals surface area (Å²) in [5, 5.41) is 11.6. The summed E-state index contributed by atoms with van der Waals surface area (Å²) in [6, 6.07) is 6.15. The number of hydrogen-bond donors (Lipinski definition) is 2. The summed E-state index contributed by atoms with van der Waals surface area (Å²) >= 11 is 0. The molecule has 0 aromatic heterocycles. The molecular weight excluding hydrogens is 240 g/mol. The molecule has 1 rings (SSSR count). The highest BCUT2D eigenvalue weighted by Gasteiger charge is 2.20. The number of rotatable bonds is 4. The number of amidine groups is 1. The fraction of sp³-hybridized carbons (Fsp3) is 0.533. The van der Waals surface area contributed by atoms with E-state index in [0.29, 0.717) is 6.61 Å². The molecule has 0 saturated heterocycles. The molecule has 0 amide bonds. The van der Waals surface area contributed by atoms with Crippen molar-refractivity contribution in [2.75, 3.05) is 6.61 Å². The van der Waals surface area contributed by atoms with Gasteiger partial charge in [-0.15, -0.1) is 0 Å². The van der Waals surface area contributed by atoms with E-state index in [4.69, 9.17) is 15.7 Å². The third-order valence-electron chi connectivity index (χ3n) is 3.05. The summed E-state index contributed by atoms with van der Waals surface area (Å²) in [5.74, 6) is 0.916. The van der Waals surface area contributed by atoms with Gasteiger partial charge in [0, 0.05) is 0 Å². The van der Waals surface area contributed by atoms with Gasteiger partial charge in [0.05, 0.1) is 12.5 Å². The molecule has 0 aliphatic rings. The van der Waals surface area contributed by atoms with Crippen LogP contribution in [0.15, 0.2) is 23.4 Å². The van der Waals surface area contributed by atoms with E-state index in [1.807, 2.05) is 19.1 Å². The van der Waals surface area contributed by atoms with E-state index in [1.165, 1.54) is 11.1 Å². The first-order chi connectivity index (χ1) is 8.75. The molecule has 0 bridgehead atoms. The van der Waals surface area contributed by atoms with E-state index in [-0.39, 0.29) is 17.2 Å². The highest BCUT2D eigenvalue weighted by Crippen LogP contribution is 2.32. The van der Waals surface area contributed by atoms with Crippen molar-refractivity contribution >= 4 is 5.84 Å². The number of nitrogens with two attached hydrogens (primary N) is 1. The van der Waals surface area contributed by atoms with Gasteiger partial charge in [-0.25, -0.2) is 0 Å². The molecule has 1 aromatic rings. The number of aryl methyl sites for hydroxylation is 1. The molecule has 0 radical (unpaired) electrons. The van der Waals surface area contributed by atoms with Crippen LogP contribution in [0, 0.1) is 12.8 Å². The number of nitrogens with zero attached hydrogens (tertiary/aromatic N) is 1. The Kier molecular flexibility index (Phi) is 4.81. The zero-order chi connectivity index (χ0) is 14.6. The van der Waals surface area contributed by atoms with Gasteiger partial charge >= 0.3 is 0 Å². The average Bonchev–Trinajstić information content (AvgIpc) is 2.34. The Balaban J connectivity index is 2.90. The zero-order valence-corrected chi connectivity index (χ0v) is 12.4. The van der Waals surface area contributed by atoms with Crippen LogP contribution in [0.3, 0.4) is 0 Å². The number of oxime groups is 1. The van der Waals surface area contributed by atoms with E-state index in [9.17, 15) is 0 Å². The van der Waals surface area contributed by atoms with Crippen LogP contribution < -0.4 is 10.5 Å². The minimum Gasteiger partial charge on any atom is -0.493 e. The summed E-state index contributed by atoms with van der Waals surface area (Å²) in [6.07, 6.45) is 0. The van der Waals surface area contributed by atoms with E-state index < -0.39 is 0 Å². The molecule has 0 aliphatic heterocycles. The van der Waals surface area contributed by atoms with E-state index in [1.54, 1.807) is 0 Å². The molecule has 0 fully saturated rings. The smallest absolute Gasteiger partial charge is 0.145 e. The minimum absolute atomic E-state index is 0.0151. The SMILES string of the molecule is Cc1ccc(OCC(C)/C(N)=N/O)c(C(C)(C)C)c1. The normalized spacial score (nSPS) is 14.3. The molecule has 4 nitrogen and oxygen atoms in total. The summed E-state index contributed by atoms with van der Waals surface area (Å²) in [5.41, 5.74) is 7.94. The van der Waals surface area contributed by atoms with Gasteiger partial charge in [-0.3, -0.25) is 0 Å². The van der Waals surface area contributed by atoms with Gasteiger partial charge in [-0.1, -0.05) is 50.5 Å². The van der Waals surface area contributed by atoms with Crippen molar-refractivity contribution in [1.82, 2.24) is 0 Å². The van der Waals surface area contributed by atoms with Crippen LogP contribution in [0.5, 0.6) is 5.75 Å². The Labute approximate surface area is 115 Å². The van der Waals surface area contributed by atoms with Crippen molar-refractivity contribution in [2.45, 2.75) is 40.0 Å². The van der Waals surface area contributed by atoms with Crippen molar-refractivity contribution in [3.8, 4) is 5.75 Å². The number of ether oxygens (including phenoxy) is 1. The van der Waals surface area contributed by atoms with Gasteiger partial charge in [0.1, 0.15) is 11.6 Å². The Morgan fingerprint density at radius 2 is 2.05 bits per heavy atom. The van der Waals surface area contributed by atoms with Gasteiger partial charge in [0.15, 0.2) is 0 Å². The van der Waals surface area contributed by atoms with E-state index in [2.05, 4.69) is 38.9 Å². The third-order valence-corrected chi connectivity index (χ3v) is 3.05. The van der Waals surface area contributed by atoms with E-state index >= 15 is 0 Å². The van der Waals surface area contributed by atoms with Crippen LogP contribution in [0.1, 0.15) is 38.8 Å². The van der Waals surface area contributed by atoms with Crippen LogP contribution in [-0.2, 0) is 5.41 Å². The largest absolute Gasteiger partial charge is 0.493 e. The Morgan fingerprint density at radius 1 is 1.42 bits per heavy atom. The summed E-state index contributed by atoms with van der Waals surface area (Å²) in [4.78, 5) is 0. The molecule has 3 N–H and O–H groups in total. The Morgan fingerprint density at radius 3 is 2.58 bits per heavy atom. The van der Waals surface area contributed by atoms with Crippen LogP contribution in [0.4, 0.5) is 0 Å². The Hall–Kier alpha value is -1.71. The second kappa shape index (κ2) is 5.95. The molecule has 0 spiro atoms. The van der Waals surface area contributed by atoms with Gasteiger partial charge in [0.25, 0.3) is 0 Å². The second-order valence-corrected chi connectivity index (χ2v) is 5.99. The topological polar surface area (TPSA) is 67.8 Å². The monoisotopic (exact) mass is 264 g/mol. The highest BCUT2D eigenvalue weighted by atomic mass is 16.5. The van der Waals surface area contributed by atoms with Gasteiger partial charge in [0.2, 0.25) is 0 Å². The van der Waals surface area contributed by atoms with Crippen LogP contribution in [-0.4, -0.2) is 17.6 Å². The molecular formula is C15H24N2O2. The fourth-order valence-corrected chi connectivity index (χ4v) is 1.75. The quantitative estimate of drug-likeness (QED) is 0.380. The first kappa shape index (κ1) is 15.3. The summed E-state index contributed by atoms with van der Waals surface area (Å²) in [6.45, 7) is 10.8. The van der Waals surface area contributed by atoms with Gasteiger partial charge in [-0.2, -0.15) is 0 Å². The van der Waals surface area contributed by atoms with Crippen LogP contribution in [0.25, 0.3) is 0 Å². The van der Waals surface area contributed by atoms with Crippen LogP contribution >= 0.6 is 0 Å². The lowest BCUT2D eigenvalue weighted by molar-refractivity contribution is 0.274. The molecule has 106 valence electrons. The first-order valence-electron chi connectivity index (χ1n) is 6.47. The van der Waals surface area contributed by atoms with Crippen molar-refractivity contribution in [3.05, 3.63) is 29.3 Å². The summed E-state index contributed by atoms with van der Waals surface area (Å²) < 4.78 is 5.83. The maximum Gasteiger partial charge on any atom is 0.145 e. The molecule has 4 heteroatoms. The maximum absolute atomic E-state index is 8.63. The predicted molar refractivity (Wildman–Crippen MR) is 77.9 cm³/mol. The number of hydrogen-bond acceptors (Lipinski definition) is 3. The van der Waals surface area contributed by atoms with Gasteiger partial charge in [-0.05, 0) is 24.0 Å². The van der Waals surface area contributed by atoms with Gasteiger partial charge < -0.3 is 15.7 Å². The Bertz CT molecular complexity index is 462. The van der Waals surface area contributed by atoms with Crippen molar-refractivity contribution < 1.29 is 9.94 Å². The molecule has 0 saturated carbocycles. The van der Waals surface area contributed by atoms with E-state index in [0.717, 1.165) is 5.75 Å². The molecule has 0 heterocycles. The standard InChI is InChI=1S/C15H24N2O2/c1-10-6-7-13(12(8-10)15(3,4)5)19-9-11(2)14(16)17-18/h6-8,11,18H,9H2,1-5H3,(H2,16,17). The van der Waals surface area contributed by atoms with Crippen molar-refractivity contribution in [3.63, 3.8) is 0 Å². The lowest BCUT2D eigenvalue weighted by Crippen LogP contribution is -2.27. The number of benzene rings is 1. The predicted octanol–water partition coefficient (Wildman–Crippen LogP) is 3.05. The van der Waals surface area contributed by atoms with Crippen molar-refractivity contribution in [2.24, 2.45) is 16.8 Å². The fourth-order valence-electron chi connectivity index (χ4n) is 1.75. The maximum atomic E-state index is 8.63. The summed E-state index contributed by atoms with van der Waals surface area (Å²) in [7, 11) is 0. The lowest BCUT2D eigenvalue weighted by Gasteiger charge is -2.24. The highest BCUT2D eigenvalue weighted by molar-refractivity contribution is 5.81. The molecule has 1 unspecified atom stereocenters. The molecule has 19 heavy (non-hydrogen) atoms. The second-order valence-electron chi connectivity index (χ2n) is 5.99. The molecule has 1 atom stereocenters. The first-order valence-corrected chi connectivity index (χ1v) is 6.47. The van der Waals surface area contributed by atoms with Crippen molar-refractivity contribution in [1.29, 1.82) is 0 Å². The zero-order valence-electron chi connectivity index (χ0n) is 12.4.